The molecule has 1 atom stereocenters. The van der Waals surface area contributed by atoms with Crippen LogP contribution < -0.4 is 5.73 Å². The zero-order valence-electron chi connectivity index (χ0n) is 11.7. The zero-order chi connectivity index (χ0) is 15.4. The van der Waals surface area contributed by atoms with Crippen molar-refractivity contribution >= 4 is 39.1 Å². The van der Waals surface area contributed by atoms with Crippen molar-refractivity contribution < 1.29 is 0 Å². The number of halogens is 3. The molecule has 0 radical (unpaired) electrons. The summed E-state index contributed by atoms with van der Waals surface area (Å²) in [5.74, 6) is 0. The van der Waals surface area contributed by atoms with Crippen LogP contribution in [-0.4, -0.2) is 18.5 Å². The second-order valence-electron chi connectivity index (χ2n) is 4.92. The first-order valence-electron chi connectivity index (χ1n) is 6.61. The summed E-state index contributed by atoms with van der Waals surface area (Å²) in [4.78, 5) is 2.18. The first-order chi connectivity index (χ1) is 10.0. The van der Waals surface area contributed by atoms with E-state index in [0.29, 0.717) is 16.6 Å². The van der Waals surface area contributed by atoms with Gasteiger partial charge in [0.15, 0.2) is 0 Å². The third kappa shape index (κ3) is 4.21. The topological polar surface area (TPSA) is 29.3 Å². The van der Waals surface area contributed by atoms with Crippen LogP contribution in [0, 0.1) is 0 Å². The second kappa shape index (κ2) is 7.61. The molecule has 2 rings (SSSR count). The minimum atomic E-state index is 0.0170. The number of benzene rings is 2. The lowest BCUT2D eigenvalue weighted by Crippen LogP contribution is -2.30. The Morgan fingerprint density at radius 3 is 2.57 bits per heavy atom. The lowest BCUT2D eigenvalue weighted by molar-refractivity contribution is 0.241. The van der Waals surface area contributed by atoms with E-state index in [0.717, 1.165) is 16.6 Å². The largest absolute Gasteiger partial charge is 0.329 e. The van der Waals surface area contributed by atoms with Gasteiger partial charge in [0.1, 0.15) is 0 Å². The number of likely N-dealkylation sites (N-methyl/N-ethyl adjacent to an activating group) is 1. The van der Waals surface area contributed by atoms with Crippen LogP contribution in [0.1, 0.15) is 17.2 Å². The van der Waals surface area contributed by atoms with Gasteiger partial charge in [-0.3, -0.25) is 4.90 Å². The number of hydrogen-bond donors (Lipinski definition) is 1. The number of rotatable bonds is 5. The molecule has 0 aromatic heterocycles. The fourth-order valence-electron chi connectivity index (χ4n) is 2.32. The predicted octanol–water partition coefficient (Wildman–Crippen LogP) is 4.89. The van der Waals surface area contributed by atoms with E-state index in [2.05, 4.69) is 26.9 Å². The number of hydrogen-bond acceptors (Lipinski definition) is 2. The van der Waals surface area contributed by atoms with Crippen LogP contribution in [0.15, 0.2) is 46.9 Å². The molecular formula is C16H17BrCl2N2. The fraction of sp³-hybridized carbons (Fsp3) is 0.250. The Morgan fingerprint density at radius 1 is 1.19 bits per heavy atom. The van der Waals surface area contributed by atoms with E-state index in [1.165, 1.54) is 5.56 Å². The Morgan fingerprint density at radius 2 is 1.90 bits per heavy atom. The summed E-state index contributed by atoms with van der Waals surface area (Å²) >= 11 is 16.0. The highest BCUT2D eigenvalue weighted by Crippen LogP contribution is 2.30. The van der Waals surface area contributed by atoms with Gasteiger partial charge in [0.2, 0.25) is 0 Å². The fourth-order valence-corrected chi connectivity index (χ4v) is 3.15. The van der Waals surface area contributed by atoms with Gasteiger partial charge in [-0.25, -0.2) is 0 Å². The summed E-state index contributed by atoms with van der Waals surface area (Å²) in [6.45, 7) is 1.24. The summed E-state index contributed by atoms with van der Waals surface area (Å²) < 4.78 is 1.09. The molecule has 0 saturated heterocycles. The van der Waals surface area contributed by atoms with Crippen molar-refractivity contribution in [3.63, 3.8) is 0 Å². The van der Waals surface area contributed by atoms with E-state index in [1.54, 1.807) is 6.07 Å². The second-order valence-corrected chi connectivity index (χ2v) is 6.62. The van der Waals surface area contributed by atoms with Gasteiger partial charge < -0.3 is 5.73 Å². The molecule has 0 heterocycles. The van der Waals surface area contributed by atoms with Gasteiger partial charge in [0, 0.05) is 33.6 Å². The average Bonchev–Trinajstić information content (AvgIpc) is 2.46. The minimum Gasteiger partial charge on any atom is -0.329 e. The lowest BCUT2D eigenvalue weighted by Gasteiger charge is -2.28. The Balaban J connectivity index is 2.25. The number of nitrogens with zero attached hydrogens (tertiary/aromatic N) is 1. The van der Waals surface area contributed by atoms with E-state index >= 15 is 0 Å². The van der Waals surface area contributed by atoms with Crippen LogP contribution in [0.3, 0.4) is 0 Å². The molecular weight excluding hydrogens is 371 g/mol. The molecule has 2 N–H and O–H groups in total. The molecule has 0 aliphatic carbocycles. The molecule has 21 heavy (non-hydrogen) atoms. The van der Waals surface area contributed by atoms with Gasteiger partial charge in [-0.2, -0.15) is 0 Å². The van der Waals surface area contributed by atoms with Crippen molar-refractivity contribution in [2.45, 2.75) is 12.6 Å². The van der Waals surface area contributed by atoms with Gasteiger partial charge in [0.25, 0.3) is 0 Å². The van der Waals surface area contributed by atoms with Crippen molar-refractivity contribution in [1.29, 1.82) is 0 Å². The van der Waals surface area contributed by atoms with Crippen LogP contribution >= 0.6 is 39.1 Å². The van der Waals surface area contributed by atoms with Gasteiger partial charge in [-0.15, -0.1) is 0 Å². The summed E-state index contributed by atoms with van der Waals surface area (Å²) in [5, 5.41) is 1.36. The standard InChI is InChI=1S/C16H17BrCl2N2/c1-21(10-11-4-2-3-5-14(11)17)16(9-20)13-8-12(18)6-7-15(13)19/h2-8,16H,9-10,20H2,1H3. The molecule has 0 aliphatic heterocycles. The molecule has 0 amide bonds. The molecule has 2 nitrogen and oxygen atoms in total. The summed E-state index contributed by atoms with van der Waals surface area (Å²) in [5.41, 5.74) is 8.13. The van der Waals surface area contributed by atoms with Crippen molar-refractivity contribution in [2.24, 2.45) is 5.73 Å². The smallest absolute Gasteiger partial charge is 0.0486 e. The third-order valence-corrected chi connectivity index (χ3v) is 4.80. The maximum atomic E-state index is 6.30. The summed E-state index contributed by atoms with van der Waals surface area (Å²) in [6.07, 6.45) is 0. The first kappa shape index (κ1) is 16.8. The molecule has 0 aliphatic rings. The van der Waals surface area contributed by atoms with E-state index in [1.807, 2.05) is 37.4 Å². The summed E-state index contributed by atoms with van der Waals surface area (Å²) in [6, 6.07) is 13.7. The highest BCUT2D eigenvalue weighted by molar-refractivity contribution is 9.10. The van der Waals surface area contributed by atoms with Crippen molar-refractivity contribution in [2.75, 3.05) is 13.6 Å². The lowest BCUT2D eigenvalue weighted by atomic mass is 10.0. The van der Waals surface area contributed by atoms with E-state index < -0.39 is 0 Å². The van der Waals surface area contributed by atoms with Gasteiger partial charge in [-0.1, -0.05) is 57.3 Å². The molecule has 0 saturated carbocycles. The molecule has 0 spiro atoms. The van der Waals surface area contributed by atoms with Crippen LogP contribution in [0.25, 0.3) is 0 Å². The van der Waals surface area contributed by atoms with Gasteiger partial charge >= 0.3 is 0 Å². The normalized spacial score (nSPS) is 12.7. The Labute approximate surface area is 144 Å². The number of nitrogens with two attached hydrogens (primary N) is 1. The van der Waals surface area contributed by atoms with Gasteiger partial charge in [-0.05, 0) is 42.4 Å². The van der Waals surface area contributed by atoms with Crippen molar-refractivity contribution in [3.8, 4) is 0 Å². The summed E-state index contributed by atoms with van der Waals surface area (Å²) in [7, 11) is 2.04. The van der Waals surface area contributed by atoms with Crippen LogP contribution in [-0.2, 0) is 6.54 Å². The molecule has 0 fully saturated rings. The molecule has 0 bridgehead atoms. The maximum Gasteiger partial charge on any atom is 0.0486 e. The third-order valence-electron chi connectivity index (χ3n) is 3.45. The van der Waals surface area contributed by atoms with Crippen molar-refractivity contribution in [3.05, 3.63) is 68.1 Å². The highest BCUT2D eigenvalue weighted by atomic mass is 79.9. The zero-order valence-corrected chi connectivity index (χ0v) is 14.8. The van der Waals surface area contributed by atoms with Gasteiger partial charge in [0.05, 0.1) is 0 Å². The monoisotopic (exact) mass is 386 g/mol. The maximum absolute atomic E-state index is 6.30. The highest BCUT2D eigenvalue weighted by Gasteiger charge is 2.19. The Hall–Kier alpha value is -0.580. The van der Waals surface area contributed by atoms with Crippen molar-refractivity contribution in [1.82, 2.24) is 4.90 Å². The quantitative estimate of drug-likeness (QED) is 0.791. The average molecular weight is 388 g/mol. The predicted molar refractivity (Wildman–Crippen MR) is 93.9 cm³/mol. The SMILES string of the molecule is CN(Cc1ccccc1Br)C(CN)c1cc(Cl)ccc1Cl. The molecule has 2 aromatic carbocycles. The van der Waals surface area contributed by atoms with Crippen LogP contribution in [0.2, 0.25) is 10.0 Å². The van der Waals surface area contributed by atoms with E-state index in [4.69, 9.17) is 28.9 Å². The van der Waals surface area contributed by atoms with Crippen LogP contribution in [0.5, 0.6) is 0 Å². The molecule has 112 valence electrons. The molecule has 2 aromatic rings. The van der Waals surface area contributed by atoms with E-state index in [-0.39, 0.29) is 6.04 Å². The van der Waals surface area contributed by atoms with E-state index in [9.17, 15) is 0 Å². The first-order valence-corrected chi connectivity index (χ1v) is 8.16. The minimum absolute atomic E-state index is 0.0170. The molecule has 1 unspecified atom stereocenters. The molecule has 5 heteroatoms. The Bertz CT molecular complexity index is 619. The Kier molecular flexibility index (Phi) is 6.08. The van der Waals surface area contributed by atoms with Crippen LogP contribution in [0.4, 0.5) is 0 Å².